The Morgan fingerprint density at radius 3 is 2.96 bits per heavy atom. The van der Waals surface area contributed by atoms with Gasteiger partial charge in [0, 0.05) is 11.6 Å². The number of hydrogen-bond acceptors (Lipinski definition) is 5. The molecule has 3 aromatic rings. The van der Waals surface area contributed by atoms with E-state index in [1.165, 1.54) is 18.6 Å². The molecule has 0 atom stereocenters. The van der Waals surface area contributed by atoms with E-state index in [1.54, 1.807) is 24.3 Å². The van der Waals surface area contributed by atoms with E-state index >= 15 is 0 Å². The molecule has 0 bridgehead atoms. The molecule has 8 heteroatoms. The van der Waals surface area contributed by atoms with Crippen LogP contribution in [0.15, 0.2) is 65.3 Å². The maximum atomic E-state index is 13.2. The standard InChI is InChI=1S/C20H17FN4O3/c1-2-4-13-5-3-6-14(19(13)27)10-23-24-18(26)11-25-12-22-17-9-15(21)7-8-16(17)20(25)28/h2-3,5-10,12,27H,1,4,11H2,(H,24,26)/b23-10+. The van der Waals surface area contributed by atoms with E-state index in [0.29, 0.717) is 17.5 Å². The van der Waals surface area contributed by atoms with Gasteiger partial charge in [-0.25, -0.2) is 14.8 Å². The van der Waals surface area contributed by atoms with Gasteiger partial charge in [0.2, 0.25) is 0 Å². The predicted octanol–water partition coefficient (Wildman–Crippen LogP) is 2.12. The highest BCUT2D eigenvalue weighted by Gasteiger charge is 2.09. The molecule has 0 unspecified atom stereocenters. The van der Waals surface area contributed by atoms with Crippen molar-refractivity contribution >= 4 is 23.0 Å². The van der Waals surface area contributed by atoms with Crippen LogP contribution in [0.25, 0.3) is 10.9 Å². The van der Waals surface area contributed by atoms with Crippen LogP contribution in [0.3, 0.4) is 0 Å². The molecule has 0 radical (unpaired) electrons. The Labute approximate surface area is 159 Å². The molecule has 1 aromatic heterocycles. The van der Waals surface area contributed by atoms with Gasteiger partial charge in [-0.2, -0.15) is 5.10 Å². The third-order valence-corrected chi connectivity index (χ3v) is 4.01. The first-order chi connectivity index (χ1) is 13.5. The molecule has 0 saturated heterocycles. The van der Waals surface area contributed by atoms with Gasteiger partial charge in [0.05, 0.1) is 23.4 Å². The van der Waals surface area contributed by atoms with Crippen LogP contribution in [-0.2, 0) is 17.8 Å². The van der Waals surface area contributed by atoms with Crippen LogP contribution in [0.1, 0.15) is 11.1 Å². The van der Waals surface area contributed by atoms with Crippen molar-refractivity contribution < 1.29 is 14.3 Å². The molecular formula is C20H17FN4O3. The van der Waals surface area contributed by atoms with E-state index in [9.17, 15) is 19.1 Å². The summed E-state index contributed by atoms with van der Waals surface area (Å²) in [6.45, 7) is 3.32. The van der Waals surface area contributed by atoms with E-state index in [4.69, 9.17) is 0 Å². The molecule has 2 aromatic carbocycles. The molecule has 142 valence electrons. The van der Waals surface area contributed by atoms with Gasteiger partial charge in [0.1, 0.15) is 18.1 Å². The van der Waals surface area contributed by atoms with Gasteiger partial charge < -0.3 is 5.11 Å². The average Bonchev–Trinajstić information content (AvgIpc) is 2.67. The van der Waals surface area contributed by atoms with Crippen LogP contribution in [0.4, 0.5) is 4.39 Å². The number of hydrazone groups is 1. The number of rotatable bonds is 6. The number of phenols is 1. The Morgan fingerprint density at radius 1 is 1.36 bits per heavy atom. The number of nitrogens with one attached hydrogen (secondary N) is 1. The van der Waals surface area contributed by atoms with E-state index in [-0.39, 0.29) is 23.2 Å². The Morgan fingerprint density at radius 2 is 2.18 bits per heavy atom. The minimum absolute atomic E-state index is 0.0579. The van der Waals surface area contributed by atoms with E-state index < -0.39 is 17.3 Å². The number of halogens is 1. The number of aromatic hydroxyl groups is 1. The van der Waals surface area contributed by atoms with Crippen molar-refractivity contribution in [3.63, 3.8) is 0 Å². The van der Waals surface area contributed by atoms with E-state index in [2.05, 4.69) is 22.1 Å². The van der Waals surface area contributed by atoms with Crippen LogP contribution in [0.5, 0.6) is 5.75 Å². The summed E-state index contributed by atoms with van der Waals surface area (Å²) in [6.07, 6.45) is 4.66. The van der Waals surface area contributed by atoms with E-state index in [0.717, 1.165) is 16.7 Å². The van der Waals surface area contributed by atoms with Crippen LogP contribution in [-0.4, -0.2) is 26.8 Å². The summed E-state index contributed by atoms with van der Waals surface area (Å²) in [5.74, 6) is -0.990. The molecule has 0 aliphatic heterocycles. The van der Waals surface area contributed by atoms with Gasteiger partial charge in [0.25, 0.3) is 11.5 Å². The highest BCUT2D eigenvalue weighted by molar-refractivity contribution is 5.85. The van der Waals surface area contributed by atoms with Crippen LogP contribution in [0, 0.1) is 5.82 Å². The van der Waals surface area contributed by atoms with Crippen LogP contribution in [0.2, 0.25) is 0 Å². The average molecular weight is 380 g/mol. The SMILES string of the molecule is C=CCc1cccc(/C=N/NC(=O)Cn2cnc3cc(F)ccc3c2=O)c1O. The fourth-order valence-corrected chi connectivity index (χ4v) is 2.64. The topological polar surface area (TPSA) is 96.6 Å². The minimum atomic E-state index is -0.552. The maximum absolute atomic E-state index is 13.2. The molecule has 0 aliphatic carbocycles. The number of carbonyl (C=O) groups is 1. The van der Waals surface area contributed by atoms with Gasteiger partial charge in [-0.3, -0.25) is 14.2 Å². The second-order valence-electron chi connectivity index (χ2n) is 5.98. The number of hydrogen-bond donors (Lipinski definition) is 2. The zero-order chi connectivity index (χ0) is 20.1. The number of amides is 1. The monoisotopic (exact) mass is 380 g/mol. The molecule has 2 N–H and O–H groups in total. The molecule has 1 heterocycles. The maximum Gasteiger partial charge on any atom is 0.261 e. The van der Waals surface area contributed by atoms with Crippen molar-refractivity contribution in [2.24, 2.45) is 5.10 Å². The van der Waals surface area contributed by atoms with E-state index in [1.807, 2.05) is 0 Å². The van der Waals surface area contributed by atoms with Crippen LogP contribution < -0.4 is 11.0 Å². The molecule has 7 nitrogen and oxygen atoms in total. The number of allylic oxidation sites excluding steroid dienone is 1. The van der Waals surface area contributed by atoms with Crippen molar-refractivity contribution in [1.82, 2.24) is 15.0 Å². The minimum Gasteiger partial charge on any atom is -0.507 e. The Bertz CT molecular complexity index is 1140. The number of benzene rings is 2. The number of carbonyl (C=O) groups excluding carboxylic acids is 1. The predicted molar refractivity (Wildman–Crippen MR) is 104 cm³/mol. The Kier molecular flexibility index (Phi) is 5.59. The summed E-state index contributed by atoms with van der Waals surface area (Å²) in [7, 11) is 0. The van der Waals surface area contributed by atoms with Crippen molar-refractivity contribution in [2.45, 2.75) is 13.0 Å². The first-order valence-electron chi connectivity index (χ1n) is 8.38. The lowest BCUT2D eigenvalue weighted by Crippen LogP contribution is -2.30. The summed E-state index contributed by atoms with van der Waals surface area (Å²) < 4.78 is 14.3. The fourth-order valence-electron chi connectivity index (χ4n) is 2.64. The largest absolute Gasteiger partial charge is 0.507 e. The zero-order valence-electron chi connectivity index (χ0n) is 14.8. The van der Waals surface area contributed by atoms with Gasteiger partial charge >= 0.3 is 0 Å². The molecule has 0 aliphatic rings. The van der Waals surface area contributed by atoms with Crippen molar-refractivity contribution in [2.75, 3.05) is 0 Å². The molecular weight excluding hydrogens is 363 g/mol. The summed E-state index contributed by atoms with van der Waals surface area (Å²) in [5.41, 5.74) is 3.18. The molecule has 0 saturated carbocycles. The van der Waals surface area contributed by atoms with Crippen LogP contribution >= 0.6 is 0 Å². The lowest BCUT2D eigenvalue weighted by molar-refractivity contribution is -0.121. The van der Waals surface area contributed by atoms with Crippen molar-refractivity contribution in [3.05, 3.63) is 82.7 Å². The first kappa shape index (κ1) is 19.0. The molecule has 1 amide bonds. The lowest BCUT2D eigenvalue weighted by atomic mass is 10.1. The second kappa shape index (κ2) is 8.26. The second-order valence-corrected chi connectivity index (χ2v) is 5.98. The third kappa shape index (κ3) is 4.12. The van der Waals surface area contributed by atoms with Gasteiger partial charge in [-0.1, -0.05) is 18.2 Å². The lowest BCUT2D eigenvalue weighted by Gasteiger charge is -2.06. The highest BCUT2D eigenvalue weighted by atomic mass is 19.1. The number of aromatic nitrogens is 2. The molecule has 28 heavy (non-hydrogen) atoms. The first-order valence-corrected chi connectivity index (χ1v) is 8.38. The third-order valence-electron chi connectivity index (χ3n) is 4.01. The quantitative estimate of drug-likeness (QED) is 0.389. The van der Waals surface area contributed by atoms with Gasteiger partial charge in [-0.15, -0.1) is 6.58 Å². The smallest absolute Gasteiger partial charge is 0.261 e. The van der Waals surface area contributed by atoms with Crippen molar-refractivity contribution in [1.29, 1.82) is 0 Å². The number of para-hydroxylation sites is 1. The summed E-state index contributed by atoms with van der Waals surface area (Å²) in [4.78, 5) is 28.4. The zero-order valence-corrected chi connectivity index (χ0v) is 14.8. The fraction of sp³-hybridized carbons (Fsp3) is 0.100. The summed E-state index contributed by atoms with van der Waals surface area (Å²) in [6, 6.07) is 8.80. The number of phenolic OH excluding ortho intramolecular Hbond substituents is 1. The van der Waals surface area contributed by atoms with Gasteiger partial charge in [-0.05, 0) is 30.2 Å². The highest BCUT2D eigenvalue weighted by Crippen LogP contribution is 2.21. The Balaban J connectivity index is 1.70. The molecule has 0 spiro atoms. The summed E-state index contributed by atoms with van der Waals surface area (Å²) >= 11 is 0. The summed E-state index contributed by atoms with van der Waals surface area (Å²) in [5, 5.41) is 14.2. The molecule has 0 fully saturated rings. The molecule has 3 rings (SSSR count). The number of fused-ring (bicyclic) bond motifs is 1. The van der Waals surface area contributed by atoms with Gasteiger partial charge in [0.15, 0.2) is 0 Å². The number of nitrogens with zero attached hydrogens (tertiary/aromatic N) is 3. The normalized spacial score (nSPS) is 11.0. The van der Waals surface area contributed by atoms with Crippen molar-refractivity contribution in [3.8, 4) is 5.75 Å². The Hall–Kier alpha value is -3.81.